The number of ether oxygens (including phenoxy) is 2. The number of nitrogens with two attached hydrogens (primary N) is 1. The number of nitrogen functional groups attached to an aromatic ring is 1. The van der Waals surface area contributed by atoms with Gasteiger partial charge in [0, 0.05) is 5.02 Å². The zero-order chi connectivity index (χ0) is 12.2. The van der Waals surface area contributed by atoms with Gasteiger partial charge in [-0.15, -0.1) is 0 Å². The smallest absolute Gasteiger partial charge is 0.411 e. The quantitative estimate of drug-likeness (QED) is 0.511. The Hall–Kier alpha value is -1.14. The van der Waals surface area contributed by atoms with Gasteiger partial charge in [-0.2, -0.15) is 13.2 Å². The second kappa shape index (κ2) is 5.27. The van der Waals surface area contributed by atoms with E-state index in [0.29, 0.717) is 5.02 Å². The monoisotopic (exact) mass is 255 g/mol. The summed E-state index contributed by atoms with van der Waals surface area (Å²) >= 11 is 5.62. The van der Waals surface area contributed by atoms with E-state index >= 15 is 0 Å². The molecule has 0 aliphatic rings. The van der Waals surface area contributed by atoms with E-state index < -0.39 is 19.6 Å². The van der Waals surface area contributed by atoms with Crippen molar-refractivity contribution in [2.45, 2.75) is 6.18 Å². The van der Waals surface area contributed by atoms with Crippen molar-refractivity contribution >= 4 is 17.3 Å². The van der Waals surface area contributed by atoms with Crippen LogP contribution in [0.25, 0.3) is 0 Å². The fourth-order valence-electron chi connectivity index (χ4n) is 0.913. The minimum Gasteiger partial charge on any atom is -0.465 e. The van der Waals surface area contributed by atoms with E-state index in [9.17, 15) is 13.2 Å². The molecule has 0 saturated heterocycles. The number of benzene rings is 1. The summed E-state index contributed by atoms with van der Waals surface area (Å²) in [6, 6.07) is 4.40. The average Bonchev–Trinajstić information content (AvgIpc) is 2.13. The van der Waals surface area contributed by atoms with Crippen LogP contribution in [-0.4, -0.2) is 19.6 Å². The van der Waals surface area contributed by atoms with E-state index in [1.54, 1.807) is 0 Å². The van der Waals surface area contributed by atoms with Crippen LogP contribution in [0.15, 0.2) is 18.2 Å². The molecule has 0 unspecified atom stereocenters. The molecule has 0 aliphatic carbocycles. The van der Waals surface area contributed by atoms with Crippen LogP contribution in [-0.2, 0) is 4.74 Å². The Bertz CT molecular complexity index is 357. The van der Waals surface area contributed by atoms with Crippen LogP contribution in [0.1, 0.15) is 0 Å². The minimum absolute atomic E-state index is 0.228. The molecular formula is C9H9ClF3NO2. The van der Waals surface area contributed by atoms with E-state index in [1.165, 1.54) is 18.2 Å². The third-order valence-electron chi connectivity index (χ3n) is 1.54. The summed E-state index contributed by atoms with van der Waals surface area (Å²) in [6.07, 6.45) is -4.37. The molecule has 0 saturated carbocycles. The summed E-state index contributed by atoms with van der Waals surface area (Å²) in [7, 11) is 0. The van der Waals surface area contributed by atoms with E-state index in [2.05, 4.69) is 4.74 Å². The number of alkyl halides is 3. The molecule has 1 aromatic carbocycles. The lowest BCUT2D eigenvalue weighted by molar-refractivity contribution is -0.186. The lowest BCUT2D eigenvalue weighted by Gasteiger charge is -2.10. The van der Waals surface area contributed by atoms with Crippen molar-refractivity contribution < 1.29 is 22.6 Å². The van der Waals surface area contributed by atoms with Crippen LogP contribution in [0.3, 0.4) is 0 Å². The van der Waals surface area contributed by atoms with Crippen molar-refractivity contribution in [1.82, 2.24) is 0 Å². The Labute approximate surface area is 94.9 Å². The van der Waals surface area contributed by atoms with Crippen LogP contribution < -0.4 is 10.5 Å². The van der Waals surface area contributed by atoms with Crippen molar-refractivity contribution in [3.63, 3.8) is 0 Å². The highest BCUT2D eigenvalue weighted by molar-refractivity contribution is 6.30. The number of anilines is 1. The van der Waals surface area contributed by atoms with Gasteiger partial charge in [-0.1, -0.05) is 11.6 Å². The number of hydrogen-bond donors (Lipinski definition) is 1. The molecule has 2 N–H and O–H groups in total. The number of hydrogen-bond acceptors (Lipinski definition) is 3. The highest BCUT2D eigenvalue weighted by Gasteiger charge is 2.27. The standard InChI is InChI=1S/C9H9ClF3NO2/c10-6-1-2-8(7(14)3-6)16-5-15-4-9(11,12)13/h1-3H,4-5,14H2. The predicted molar refractivity (Wildman–Crippen MR) is 53.4 cm³/mol. The molecule has 0 radical (unpaired) electrons. The van der Waals surface area contributed by atoms with Crippen LogP contribution in [0.2, 0.25) is 5.02 Å². The third kappa shape index (κ3) is 4.59. The molecule has 0 amide bonds. The van der Waals surface area contributed by atoms with Gasteiger partial charge in [0.2, 0.25) is 0 Å². The first-order valence-corrected chi connectivity index (χ1v) is 4.58. The Morgan fingerprint density at radius 1 is 1.31 bits per heavy atom. The second-order valence-corrected chi connectivity index (χ2v) is 3.34. The summed E-state index contributed by atoms with van der Waals surface area (Å²) in [5, 5.41) is 0.418. The molecule has 0 aromatic heterocycles. The van der Waals surface area contributed by atoms with Gasteiger partial charge >= 0.3 is 6.18 Å². The van der Waals surface area contributed by atoms with E-state index in [0.717, 1.165) is 0 Å². The van der Waals surface area contributed by atoms with E-state index in [-0.39, 0.29) is 11.4 Å². The molecule has 7 heteroatoms. The highest BCUT2D eigenvalue weighted by atomic mass is 35.5. The Kier molecular flexibility index (Phi) is 4.26. The van der Waals surface area contributed by atoms with Crippen molar-refractivity contribution in [3.8, 4) is 5.75 Å². The lowest BCUT2D eigenvalue weighted by Crippen LogP contribution is -2.19. The van der Waals surface area contributed by atoms with Gasteiger partial charge in [-0.3, -0.25) is 0 Å². The molecule has 0 aliphatic heterocycles. The highest BCUT2D eigenvalue weighted by Crippen LogP contribution is 2.25. The first-order valence-electron chi connectivity index (χ1n) is 4.21. The average molecular weight is 256 g/mol. The maximum absolute atomic E-state index is 11.7. The lowest BCUT2D eigenvalue weighted by atomic mass is 10.3. The number of rotatable bonds is 4. The van der Waals surface area contributed by atoms with Crippen LogP contribution in [0, 0.1) is 0 Å². The first-order chi connectivity index (χ1) is 7.38. The molecule has 1 aromatic rings. The van der Waals surface area contributed by atoms with E-state index in [1.807, 2.05) is 0 Å². The summed E-state index contributed by atoms with van der Waals surface area (Å²) in [4.78, 5) is 0. The van der Waals surface area contributed by atoms with Gasteiger partial charge in [0.05, 0.1) is 5.69 Å². The van der Waals surface area contributed by atoms with Crippen molar-refractivity contribution in [2.75, 3.05) is 19.1 Å². The van der Waals surface area contributed by atoms with Crippen LogP contribution >= 0.6 is 11.6 Å². The molecular weight excluding hydrogens is 247 g/mol. The summed E-state index contributed by atoms with van der Waals surface area (Å²) in [5.74, 6) is 0.228. The Morgan fingerprint density at radius 3 is 2.56 bits per heavy atom. The SMILES string of the molecule is Nc1cc(Cl)ccc1OCOCC(F)(F)F. The van der Waals surface area contributed by atoms with Crippen molar-refractivity contribution in [1.29, 1.82) is 0 Å². The second-order valence-electron chi connectivity index (χ2n) is 2.91. The van der Waals surface area contributed by atoms with E-state index in [4.69, 9.17) is 22.1 Å². The predicted octanol–water partition coefficient (Wildman–Crippen LogP) is 2.84. The Morgan fingerprint density at radius 2 is 2.00 bits per heavy atom. The largest absolute Gasteiger partial charge is 0.465 e. The summed E-state index contributed by atoms with van der Waals surface area (Å²) < 4.78 is 44.2. The maximum Gasteiger partial charge on any atom is 0.411 e. The normalized spacial score (nSPS) is 11.5. The summed E-state index contributed by atoms with van der Waals surface area (Å²) in [5.41, 5.74) is 5.74. The third-order valence-corrected chi connectivity index (χ3v) is 1.77. The van der Waals surface area contributed by atoms with Gasteiger partial charge in [0.25, 0.3) is 0 Å². The van der Waals surface area contributed by atoms with Gasteiger partial charge in [-0.05, 0) is 18.2 Å². The molecule has 0 fully saturated rings. The van der Waals surface area contributed by atoms with Crippen LogP contribution in [0.4, 0.5) is 18.9 Å². The molecule has 1 rings (SSSR count). The molecule has 16 heavy (non-hydrogen) atoms. The fraction of sp³-hybridized carbons (Fsp3) is 0.333. The molecule has 0 spiro atoms. The number of halogens is 4. The van der Waals surface area contributed by atoms with Crippen molar-refractivity contribution in [3.05, 3.63) is 23.2 Å². The zero-order valence-electron chi connectivity index (χ0n) is 8.05. The summed E-state index contributed by atoms with van der Waals surface area (Å²) in [6.45, 7) is -1.88. The first kappa shape index (κ1) is 12.9. The van der Waals surface area contributed by atoms with Gasteiger partial charge in [0.1, 0.15) is 12.4 Å². The molecule has 0 heterocycles. The molecule has 3 nitrogen and oxygen atoms in total. The zero-order valence-corrected chi connectivity index (χ0v) is 8.81. The molecule has 0 atom stereocenters. The van der Waals surface area contributed by atoms with Crippen LogP contribution in [0.5, 0.6) is 5.75 Å². The fourth-order valence-corrected chi connectivity index (χ4v) is 1.09. The van der Waals surface area contributed by atoms with Gasteiger partial charge < -0.3 is 15.2 Å². The molecule has 0 bridgehead atoms. The molecule has 90 valence electrons. The van der Waals surface area contributed by atoms with Crippen molar-refractivity contribution in [2.24, 2.45) is 0 Å². The maximum atomic E-state index is 11.7. The van der Waals surface area contributed by atoms with Gasteiger partial charge in [-0.25, -0.2) is 0 Å². The Balaban J connectivity index is 2.38. The minimum atomic E-state index is -4.37. The topological polar surface area (TPSA) is 44.5 Å². The van der Waals surface area contributed by atoms with Gasteiger partial charge in [0.15, 0.2) is 6.79 Å².